The molecule has 0 aliphatic rings. The predicted molar refractivity (Wildman–Crippen MR) is 68.9 cm³/mol. The van der Waals surface area contributed by atoms with Gasteiger partial charge in [0, 0.05) is 32.9 Å². The maximum absolute atomic E-state index is 3.17. The Labute approximate surface area is 92.3 Å². The minimum Gasteiger partial charge on any atom is -0.388 e. The first-order chi connectivity index (χ1) is 7.38. The second-order valence-electron chi connectivity index (χ2n) is 3.56. The summed E-state index contributed by atoms with van der Waals surface area (Å²) in [4.78, 5) is 0. The molecule has 0 unspecified atom stereocenters. The number of hydrogen-bond donors (Lipinski definition) is 1. The van der Waals surface area contributed by atoms with Gasteiger partial charge in [-0.25, -0.2) is 0 Å². The molecule has 2 aromatic carbocycles. The standard InChI is InChI=1S/C13H11NS/c1-14-9-6-7-11-10-4-2-3-5-12(10)15-13(11)8-9/h2-8,14H,1H3. The van der Waals surface area contributed by atoms with Crippen molar-refractivity contribution in [2.75, 3.05) is 12.4 Å². The summed E-state index contributed by atoms with van der Waals surface area (Å²) in [7, 11) is 1.95. The van der Waals surface area contributed by atoms with Gasteiger partial charge in [-0.3, -0.25) is 0 Å². The van der Waals surface area contributed by atoms with Gasteiger partial charge in [0.2, 0.25) is 0 Å². The number of fused-ring (bicyclic) bond motifs is 3. The molecule has 0 fully saturated rings. The lowest BCUT2D eigenvalue weighted by Gasteiger charge is -1.98. The average Bonchev–Trinajstić information content (AvgIpc) is 2.66. The third-order valence-corrected chi connectivity index (χ3v) is 3.80. The molecule has 0 amide bonds. The van der Waals surface area contributed by atoms with Gasteiger partial charge < -0.3 is 5.32 Å². The summed E-state index contributed by atoms with van der Waals surface area (Å²) in [5.74, 6) is 0. The van der Waals surface area contributed by atoms with E-state index in [9.17, 15) is 0 Å². The highest BCUT2D eigenvalue weighted by Crippen LogP contribution is 2.34. The van der Waals surface area contributed by atoms with Crippen LogP contribution in [-0.2, 0) is 0 Å². The van der Waals surface area contributed by atoms with Gasteiger partial charge in [0.15, 0.2) is 0 Å². The molecule has 0 bridgehead atoms. The normalized spacial score (nSPS) is 11.0. The number of nitrogens with one attached hydrogen (secondary N) is 1. The van der Waals surface area contributed by atoms with Gasteiger partial charge in [-0.2, -0.15) is 0 Å². The van der Waals surface area contributed by atoms with Crippen LogP contribution in [0.25, 0.3) is 20.2 Å². The van der Waals surface area contributed by atoms with Gasteiger partial charge in [-0.15, -0.1) is 11.3 Å². The van der Waals surface area contributed by atoms with Crippen LogP contribution in [0.4, 0.5) is 5.69 Å². The van der Waals surface area contributed by atoms with Gasteiger partial charge in [0.25, 0.3) is 0 Å². The summed E-state index contributed by atoms with van der Waals surface area (Å²) >= 11 is 1.85. The third-order valence-electron chi connectivity index (χ3n) is 2.67. The number of benzene rings is 2. The quantitative estimate of drug-likeness (QED) is 0.641. The lowest BCUT2D eigenvalue weighted by molar-refractivity contribution is 1.54. The molecule has 1 nitrogen and oxygen atoms in total. The third kappa shape index (κ3) is 1.29. The molecule has 0 saturated carbocycles. The molecule has 74 valence electrons. The Bertz CT molecular complexity index is 625. The molecule has 0 aliphatic heterocycles. The molecule has 0 aliphatic carbocycles. The number of anilines is 1. The van der Waals surface area contributed by atoms with Crippen LogP contribution in [0.5, 0.6) is 0 Å². The zero-order valence-electron chi connectivity index (χ0n) is 8.45. The Morgan fingerprint density at radius 3 is 2.60 bits per heavy atom. The van der Waals surface area contributed by atoms with Gasteiger partial charge in [0.05, 0.1) is 0 Å². The fourth-order valence-electron chi connectivity index (χ4n) is 1.88. The zero-order chi connectivity index (χ0) is 10.3. The van der Waals surface area contributed by atoms with Gasteiger partial charge in [-0.05, 0) is 18.2 Å². The van der Waals surface area contributed by atoms with E-state index in [-0.39, 0.29) is 0 Å². The van der Waals surface area contributed by atoms with Crippen molar-refractivity contribution >= 4 is 37.2 Å². The first kappa shape index (κ1) is 8.74. The van der Waals surface area contributed by atoms with Crippen LogP contribution in [0, 0.1) is 0 Å². The summed E-state index contributed by atoms with van der Waals surface area (Å²) in [5, 5.41) is 5.89. The van der Waals surface area contributed by atoms with Crippen molar-refractivity contribution in [3.8, 4) is 0 Å². The molecule has 15 heavy (non-hydrogen) atoms. The van der Waals surface area contributed by atoms with Crippen molar-refractivity contribution in [2.24, 2.45) is 0 Å². The van der Waals surface area contributed by atoms with Crippen molar-refractivity contribution < 1.29 is 0 Å². The van der Waals surface area contributed by atoms with Gasteiger partial charge in [0.1, 0.15) is 0 Å². The monoisotopic (exact) mass is 213 g/mol. The molecule has 1 aromatic heterocycles. The minimum absolute atomic E-state index is 1.18. The van der Waals surface area contributed by atoms with Crippen molar-refractivity contribution in [1.29, 1.82) is 0 Å². The van der Waals surface area contributed by atoms with Crippen LogP contribution in [0.15, 0.2) is 42.5 Å². The Balaban J connectivity index is 2.43. The SMILES string of the molecule is CNc1ccc2c(c1)sc1ccccc12. The maximum Gasteiger partial charge on any atom is 0.0375 e. The van der Waals surface area contributed by atoms with Crippen molar-refractivity contribution in [1.82, 2.24) is 0 Å². The van der Waals surface area contributed by atoms with Crippen LogP contribution < -0.4 is 5.32 Å². The Kier molecular flexibility index (Phi) is 1.89. The summed E-state index contributed by atoms with van der Waals surface area (Å²) in [6.07, 6.45) is 0. The van der Waals surface area contributed by atoms with Crippen molar-refractivity contribution in [3.63, 3.8) is 0 Å². The van der Waals surface area contributed by atoms with Crippen LogP contribution in [0.2, 0.25) is 0 Å². The van der Waals surface area contributed by atoms with Crippen LogP contribution in [-0.4, -0.2) is 7.05 Å². The zero-order valence-corrected chi connectivity index (χ0v) is 9.27. The largest absolute Gasteiger partial charge is 0.388 e. The molecular weight excluding hydrogens is 202 g/mol. The smallest absolute Gasteiger partial charge is 0.0375 e. The highest BCUT2D eigenvalue weighted by molar-refractivity contribution is 7.25. The van der Waals surface area contributed by atoms with Crippen LogP contribution >= 0.6 is 11.3 Å². The molecule has 0 spiro atoms. The summed E-state index contributed by atoms with van der Waals surface area (Å²) in [5.41, 5.74) is 1.18. The van der Waals surface area contributed by atoms with E-state index in [1.807, 2.05) is 18.4 Å². The molecule has 0 atom stereocenters. The molecule has 1 heterocycles. The van der Waals surface area contributed by atoms with E-state index in [2.05, 4.69) is 47.8 Å². The molecule has 3 aromatic rings. The Morgan fingerprint density at radius 1 is 0.933 bits per heavy atom. The van der Waals surface area contributed by atoms with Crippen LogP contribution in [0.3, 0.4) is 0 Å². The Morgan fingerprint density at radius 2 is 1.73 bits per heavy atom. The highest BCUT2D eigenvalue weighted by atomic mass is 32.1. The number of hydrogen-bond acceptors (Lipinski definition) is 2. The van der Waals surface area contributed by atoms with E-state index in [0.717, 1.165) is 0 Å². The fraction of sp³-hybridized carbons (Fsp3) is 0.0769. The van der Waals surface area contributed by atoms with E-state index in [4.69, 9.17) is 0 Å². The van der Waals surface area contributed by atoms with Crippen LogP contribution in [0.1, 0.15) is 0 Å². The summed E-state index contributed by atoms with van der Waals surface area (Å²) < 4.78 is 2.71. The Hall–Kier alpha value is -1.54. The molecule has 0 saturated heterocycles. The maximum atomic E-state index is 3.17. The first-order valence-corrected chi connectivity index (χ1v) is 5.79. The van der Waals surface area contributed by atoms with Crippen molar-refractivity contribution in [3.05, 3.63) is 42.5 Å². The average molecular weight is 213 g/mol. The molecule has 0 radical (unpaired) electrons. The molecule has 1 N–H and O–H groups in total. The number of rotatable bonds is 1. The lowest BCUT2D eigenvalue weighted by Crippen LogP contribution is -1.85. The van der Waals surface area contributed by atoms with E-state index < -0.39 is 0 Å². The first-order valence-electron chi connectivity index (χ1n) is 4.97. The molecule has 3 rings (SSSR count). The molecule has 2 heteroatoms. The minimum atomic E-state index is 1.18. The molecular formula is C13H11NS. The number of thiophene rings is 1. The van der Waals surface area contributed by atoms with Crippen molar-refractivity contribution in [2.45, 2.75) is 0 Å². The van der Waals surface area contributed by atoms with E-state index in [0.29, 0.717) is 0 Å². The van der Waals surface area contributed by atoms with E-state index in [1.165, 1.54) is 25.9 Å². The lowest BCUT2D eigenvalue weighted by atomic mass is 10.1. The highest BCUT2D eigenvalue weighted by Gasteiger charge is 2.03. The predicted octanol–water partition coefficient (Wildman–Crippen LogP) is 4.10. The topological polar surface area (TPSA) is 12.0 Å². The fourth-order valence-corrected chi connectivity index (χ4v) is 3.03. The summed E-state index contributed by atoms with van der Waals surface area (Å²) in [6, 6.07) is 15.1. The van der Waals surface area contributed by atoms with Gasteiger partial charge in [-0.1, -0.05) is 24.3 Å². The summed E-state index contributed by atoms with van der Waals surface area (Å²) in [6.45, 7) is 0. The second-order valence-corrected chi connectivity index (χ2v) is 4.64. The second kappa shape index (κ2) is 3.24. The van der Waals surface area contributed by atoms with E-state index in [1.54, 1.807) is 0 Å². The van der Waals surface area contributed by atoms with E-state index >= 15 is 0 Å². The van der Waals surface area contributed by atoms with Gasteiger partial charge >= 0.3 is 0 Å².